The first-order chi connectivity index (χ1) is 9.28. The molecule has 124 valence electrons. The van der Waals surface area contributed by atoms with E-state index in [-0.39, 0.29) is 12.5 Å². The number of aliphatic hydroxyl groups is 2. The maximum absolute atomic E-state index is 9.81. The number of rotatable bonds is 7. The number of hydrogen-bond acceptors (Lipinski definition) is 3. The maximum atomic E-state index is 9.81. The monoisotopic (exact) mass is 292 g/mol. The lowest BCUT2D eigenvalue weighted by Crippen LogP contribution is -2.10. The molecule has 0 radical (unpaired) electrons. The Balaban J connectivity index is -0.000000221. The predicted octanol–water partition coefficient (Wildman–Crippen LogP) is 3.84. The van der Waals surface area contributed by atoms with Gasteiger partial charge < -0.3 is 15.3 Å². The Morgan fingerprint density at radius 2 is 1.15 bits per heavy atom. The van der Waals surface area contributed by atoms with Crippen LogP contribution in [0.4, 0.5) is 0 Å². The van der Waals surface area contributed by atoms with Gasteiger partial charge in [0.05, 0.1) is 18.6 Å². The summed E-state index contributed by atoms with van der Waals surface area (Å²) in [6, 6.07) is 0. The number of carboxylic acids is 1. The number of hydrogen-bond donors (Lipinski definition) is 3. The van der Waals surface area contributed by atoms with Crippen LogP contribution in [0.25, 0.3) is 0 Å². The molecule has 1 unspecified atom stereocenters. The van der Waals surface area contributed by atoms with Crippen LogP contribution in [0.1, 0.15) is 80.1 Å². The lowest BCUT2D eigenvalue weighted by molar-refractivity contribution is -0.139. The second-order valence-corrected chi connectivity index (χ2v) is 5.05. The van der Waals surface area contributed by atoms with Crippen molar-refractivity contribution in [2.75, 3.05) is 0 Å². The molecule has 0 saturated heterocycles. The first-order valence-corrected chi connectivity index (χ1v) is 7.86. The maximum Gasteiger partial charge on any atom is 0.305 e. The van der Waals surface area contributed by atoms with E-state index in [0.29, 0.717) is 6.42 Å². The second kappa shape index (κ2) is 18.4. The van der Waals surface area contributed by atoms with Crippen LogP contribution in [0.15, 0.2) is 0 Å². The molecule has 0 heterocycles. The SMILES string of the molecule is CCC(C)CC.CCC(O)CC.CCC(O)CC(=O)O. The molecule has 0 aromatic heterocycles. The highest BCUT2D eigenvalue weighted by Crippen LogP contribution is 2.02. The van der Waals surface area contributed by atoms with Crippen molar-refractivity contribution in [3.63, 3.8) is 0 Å². The quantitative estimate of drug-likeness (QED) is 0.666. The minimum Gasteiger partial charge on any atom is -0.481 e. The van der Waals surface area contributed by atoms with Crippen LogP contribution < -0.4 is 0 Å². The molecule has 0 spiro atoms. The summed E-state index contributed by atoms with van der Waals surface area (Å²) >= 11 is 0. The van der Waals surface area contributed by atoms with E-state index in [1.54, 1.807) is 6.92 Å². The second-order valence-electron chi connectivity index (χ2n) is 5.05. The molecule has 4 nitrogen and oxygen atoms in total. The van der Waals surface area contributed by atoms with E-state index < -0.39 is 12.1 Å². The van der Waals surface area contributed by atoms with Crippen LogP contribution >= 0.6 is 0 Å². The molecule has 3 N–H and O–H groups in total. The van der Waals surface area contributed by atoms with Crippen LogP contribution in [0.2, 0.25) is 0 Å². The van der Waals surface area contributed by atoms with E-state index in [4.69, 9.17) is 15.3 Å². The van der Waals surface area contributed by atoms with Gasteiger partial charge >= 0.3 is 5.97 Å². The predicted molar refractivity (Wildman–Crippen MR) is 84.9 cm³/mol. The topological polar surface area (TPSA) is 77.8 Å². The summed E-state index contributed by atoms with van der Waals surface area (Å²) in [5.41, 5.74) is 0. The fourth-order valence-electron chi connectivity index (χ4n) is 0.923. The van der Waals surface area contributed by atoms with Crippen molar-refractivity contribution in [1.29, 1.82) is 0 Å². The van der Waals surface area contributed by atoms with Crippen molar-refractivity contribution in [3.05, 3.63) is 0 Å². The van der Waals surface area contributed by atoms with Gasteiger partial charge in [-0.05, 0) is 25.2 Å². The summed E-state index contributed by atoms with van der Waals surface area (Å²) < 4.78 is 0. The van der Waals surface area contributed by atoms with E-state index in [1.807, 2.05) is 13.8 Å². The van der Waals surface area contributed by atoms with Crippen molar-refractivity contribution in [1.82, 2.24) is 0 Å². The molecule has 0 saturated carbocycles. The zero-order chi connectivity index (χ0) is 16.6. The fourth-order valence-corrected chi connectivity index (χ4v) is 0.923. The molecule has 0 fully saturated rings. The zero-order valence-electron chi connectivity index (χ0n) is 14.2. The Morgan fingerprint density at radius 3 is 1.20 bits per heavy atom. The first-order valence-electron chi connectivity index (χ1n) is 7.86. The van der Waals surface area contributed by atoms with Gasteiger partial charge in [-0.3, -0.25) is 4.79 Å². The lowest BCUT2D eigenvalue weighted by Gasteiger charge is -2.00. The summed E-state index contributed by atoms with van der Waals surface area (Å²) in [4.78, 5) is 9.81. The summed E-state index contributed by atoms with van der Waals surface area (Å²) in [7, 11) is 0. The van der Waals surface area contributed by atoms with Gasteiger partial charge in [0, 0.05) is 0 Å². The Bertz CT molecular complexity index is 177. The van der Waals surface area contributed by atoms with Gasteiger partial charge in [0.25, 0.3) is 0 Å². The molecule has 0 rings (SSSR count). The van der Waals surface area contributed by atoms with Gasteiger partial charge in [0.1, 0.15) is 0 Å². The Hall–Kier alpha value is -0.610. The number of aliphatic carboxylic acids is 1. The van der Waals surface area contributed by atoms with Crippen LogP contribution in [0.3, 0.4) is 0 Å². The molecular weight excluding hydrogens is 256 g/mol. The Kier molecular flexibility index (Phi) is 22.4. The lowest BCUT2D eigenvalue weighted by atomic mass is 10.1. The molecule has 0 bridgehead atoms. The Morgan fingerprint density at radius 1 is 0.800 bits per heavy atom. The summed E-state index contributed by atoms with van der Waals surface area (Å²) in [6.07, 6.45) is 4.06. The van der Waals surface area contributed by atoms with Gasteiger partial charge in [-0.2, -0.15) is 0 Å². The highest BCUT2D eigenvalue weighted by molar-refractivity contribution is 5.67. The third-order valence-corrected chi connectivity index (χ3v) is 3.22. The van der Waals surface area contributed by atoms with E-state index in [2.05, 4.69) is 20.8 Å². The molecule has 0 aromatic rings. The van der Waals surface area contributed by atoms with Crippen molar-refractivity contribution in [3.8, 4) is 0 Å². The van der Waals surface area contributed by atoms with Crippen molar-refractivity contribution in [2.45, 2.75) is 92.3 Å². The van der Waals surface area contributed by atoms with E-state index >= 15 is 0 Å². The van der Waals surface area contributed by atoms with E-state index in [0.717, 1.165) is 18.8 Å². The van der Waals surface area contributed by atoms with Gasteiger partial charge in [-0.25, -0.2) is 0 Å². The molecule has 0 aliphatic heterocycles. The highest BCUT2D eigenvalue weighted by atomic mass is 16.4. The summed E-state index contributed by atoms with van der Waals surface area (Å²) in [5, 5.41) is 25.4. The van der Waals surface area contributed by atoms with Gasteiger partial charge in [0.2, 0.25) is 0 Å². The minimum absolute atomic E-state index is 0.0648. The largest absolute Gasteiger partial charge is 0.481 e. The fraction of sp³-hybridized carbons (Fsp3) is 0.938. The minimum atomic E-state index is -0.945. The molecule has 20 heavy (non-hydrogen) atoms. The summed E-state index contributed by atoms with van der Waals surface area (Å²) in [5.74, 6) is -0.00986. The molecule has 0 aliphatic carbocycles. The van der Waals surface area contributed by atoms with Crippen LogP contribution in [0.5, 0.6) is 0 Å². The van der Waals surface area contributed by atoms with Gasteiger partial charge in [-0.15, -0.1) is 0 Å². The number of aliphatic hydroxyl groups excluding tert-OH is 2. The normalized spacial score (nSPS) is 11.3. The average Bonchev–Trinajstić information content (AvgIpc) is 2.45. The van der Waals surface area contributed by atoms with Gasteiger partial charge in [0.15, 0.2) is 0 Å². The van der Waals surface area contributed by atoms with E-state index in [1.165, 1.54) is 12.8 Å². The smallest absolute Gasteiger partial charge is 0.305 e. The first kappa shape index (κ1) is 24.4. The Labute approximate surface area is 125 Å². The van der Waals surface area contributed by atoms with Crippen molar-refractivity contribution < 1.29 is 20.1 Å². The molecule has 1 atom stereocenters. The standard InChI is InChI=1S/C6H14.C5H10O3.C5H12O/c1-4-6(3)5-2;1-2-4(6)3-5(7)8;1-3-5(6)4-2/h6H,4-5H2,1-3H3;4,6H,2-3H2,1H3,(H,7,8);5-6H,3-4H2,1-2H3. The van der Waals surface area contributed by atoms with Crippen molar-refractivity contribution >= 4 is 5.97 Å². The zero-order valence-corrected chi connectivity index (χ0v) is 14.2. The van der Waals surface area contributed by atoms with Crippen LogP contribution in [-0.4, -0.2) is 33.5 Å². The highest BCUT2D eigenvalue weighted by Gasteiger charge is 2.04. The van der Waals surface area contributed by atoms with Crippen molar-refractivity contribution in [2.24, 2.45) is 5.92 Å². The summed E-state index contributed by atoms with van der Waals surface area (Å²) in [6.45, 7) is 12.4. The third-order valence-electron chi connectivity index (χ3n) is 3.22. The molecule has 4 heteroatoms. The average molecular weight is 292 g/mol. The molecule has 0 aliphatic rings. The van der Waals surface area contributed by atoms with Crippen LogP contribution in [-0.2, 0) is 4.79 Å². The molecule has 0 aromatic carbocycles. The third kappa shape index (κ3) is 26.1. The number of carboxylic acid groups (broad SMARTS) is 1. The molecule has 0 amide bonds. The van der Waals surface area contributed by atoms with Crippen LogP contribution in [0, 0.1) is 5.92 Å². The van der Waals surface area contributed by atoms with Gasteiger partial charge in [-0.1, -0.05) is 54.4 Å². The number of carbonyl (C=O) groups is 1. The van der Waals surface area contributed by atoms with E-state index in [9.17, 15) is 4.79 Å². The molecular formula is C16H36O4.